The minimum atomic E-state index is -0.766. The van der Waals surface area contributed by atoms with Gasteiger partial charge in [0.05, 0.1) is 0 Å². The fourth-order valence-corrected chi connectivity index (χ4v) is 14.4. The number of hydrogen-bond acceptors (Lipinski definition) is 0. The first-order valence-corrected chi connectivity index (χ1v) is 32.4. The third-order valence-corrected chi connectivity index (χ3v) is 19.7. The van der Waals surface area contributed by atoms with Crippen molar-refractivity contribution >= 4 is 0 Å². The van der Waals surface area contributed by atoms with Crippen molar-refractivity contribution in [3.63, 3.8) is 0 Å². The van der Waals surface area contributed by atoms with Crippen LogP contribution in [0.3, 0.4) is 0 Å². The van der Waals surface area contributed by atoms with E-state index in [9.17, 15) is 35.1 Å². The third-order valence-electron chi connectivity index (χ3n) is 19.7. The average molecular weight is 1160 g/mol. The summed E-state index contributed by atoms with van der Waals surface area (Å²) in [5.41, 5.74) is 7.37. The van der Waals surface area contributed by atoms with E-state index in [1.54, 1.807) is 70.2 Å². The minimum Gasteiger partial charge on any atom is -0.203 e. The molecule has 0 bridgehead atoms. The van der Waals surface area contributed by atoms with E-state index in [4.69, 9.17) is 0 Å². The van der Waals surface area contributed by atoms with Gasteiger partial charge in [0.15, 0.2) is 46.5 Å². The van der Waals surface area contributed by atoms with E-state index in [1.165, 1.54) is 114 Å². The minimum absolute atomic E-state index is 0.216. The molecule has 4 aliphatic carbocycles. The summed E-state index contributed by atoms with van der Waals surface area (Å²) in [6, 6.07) is 29.2. The maximum Gasteiger partial charge on any atom is 0.166 e. The molecular weight excluding hydrogens is 1060 g/mol. The topological polar surface area (TPSA) is 0 Å². The standard InChI is InChI=1S/C22H32F2.C22H26F2.C16H22F2.C16H16F2/c2*1-3-4-16-6-8-17(9-7-16)18-10-12-19(13-11-18)20-14-5-15(2)21(23)22(20)24;2*1-3-4-12-6-8-13(9-7-12)14-10-5-11(2)15(17)16(14)18/h5,14,16-19H,3-4,6-13H2,1-2H3;5,10-14,16-17H,3-4,6-9H2,1-2H3;5,10,12-13H,3-4,6-9H2,1-2H3;5-10H,3-4H2,1-2H3. The monoisotopic (exact) mass is 1160 g/mol. The Kier molecular flexibility index (Phi) is 25.6. The van der Waals surface area contributed by atoms with Crippen LogP contribution in [0.4, 0.5) is 35.1 Å². The molecule has 0 radical (unpaired) electrons. The molecule has 0 nitrogen and oxygen atoms in total. The first-order chi connectivity index (χ1) is 40.5. The molecule has 0 atom stereocenters. The molecular formula is C76H96F8. The van der Waals surface area contributed by atoms with Crippen molar-refractivity contribution in [2.24, 2.45) is 29.6 Å². The van der Waals surface area contributed by atoms with Gasteiger partial charge in [-0.25, -0.2) is 35.1 Å². The molecule has 0 spiro atoms. The van der Waals surface area contributed by atoms with Gasteiger partial charge in [-0.15, -0.1) is 0 Å². The van der Waals surface area contributed by atoms with Gasteiger partial charge in [-0.05, 0) is 227 Å². The Labute approximate surface area is 500 Å². The van der Waals surface area contributed by atoms with E-state index >= 15 is 0 Å². The number of rotatable bonds is 14. The Morgan fingerprint density at radius 1 is 0.298 bits per heavy atom. The number of benzene rings is 6. The predicted molar refractivity (Wildman–Crippen MR) is 334 cm³/mol. The highest BCUT2D eigenvalue weighted by Crippen LogP contribution is 2.46. The Balaban J connectivity index is 0.000000162. The molecule has 0 N–H and O–H groups in total. The molecule has 4 saturated carbocycles. The highest BCUT2D eigenvalue weighted by molar-refractivity contribution is 5.66. The molecule has 4 fully saturated rings. The lowest BCUT2D eigenvalue weighted by molar-refractivity contribution is 0.156. The molecule has 0 aromatic heterocycles. The van der Waals surface area contributed by atoms with E-state index in [2.05, 4.69) is 39.8 Å². The van der Waals surface area contributed by atoms with Crippen molar-refractivity contribution in [3.8, 4) is 22.3 Å². The highest BCUT2D eigenvalue weighted by Gasteiger charge is 2.33. The van der Waals surface area contributed by atoms with Crippen molar-refractivity contribution in [2.45, 2.75) is 227 Å². The van der Waals surface area contributed by atoms with Crippen LogP contribution in [0.25, 0.3) is 22.3 Å². The maximum atomic E-state index is 14.2. The fourth-order valence-electron chi connectivity index (χ4n) is 14.4. The van der Waals surface area contributed by atoms with E-state index in [-0.39, 0.29) is 11.8 Å². The molecule has 6 aromatic carbocycles. The van der Waals surface area contributed by atoms with Crippen molar-refractivity contribution < 1.29 is 35.1 Å². The van der Waals surface area contributed by atoms with Gasteiger partial charge in [-0.1, -0.05) is 183 Å². The van der Waals surface area contributed by atoms with Gasteiger partial charge < -0.3 is 0 Å². The predicted octanol–water partition coefficient (Wildman–Crippen LogP) is 24.4. The summed E-state index contributed by atoms with van der Waals surface area (Å²) in [6.45, 7) is 15.3. The van der Waals surface area contributed by atoms with Crippen LogP contribution in [0.5, 0.6) is 0 Å². The molecule has 0 saturated heterocycles. The summed E-state index contributed by atoms with van der Waals surface area (Å²) in [6.07, 6.45) is 29.5. The molecule has 10 rings (SSSR count). The Morgan fingerprint density at radius 3 is 0.976 bits per heavy atom. The van der Waals surface area contributed by atoms with Crippen LogP contribution in [0.2, 0.25) is 0 Å². The lowest BCUT2D eigenvalue weighted by Gasteiger charge is -2.38. The van der Waals surface area contributed by atoms with Gasteiger partial charge >= 0.3 is 0 Å². The lowest BCUT2D eigenvalue weighted by atomic mass is 9.68. The van der Waals surface area contributed by atoms with Gasteiger partial charge in [0.25, 0.3) is 0 Å². The summed E-state index contributed by atoms with van der Waals surface area (Å²) < 4.78 is 111. The van der Waals surface area contributed by atoms with Crippen molar-refractivity contribution in [1.29, 1.82) is 0 Å². The molecule has 8 heteroatoms. The summed E-state index contributed by atoms with van der Waals surface area (Å²) in [5, 5.41) is 0. The third kappa shape index (κ3) is 17.5. The smallest absolute Gasteiger partial charge is 0.166 e. The van der Waals surface area contributed by atoms with Crippen LogP contribution in [-0.2, 0) is 6.42 Å². The first-order valence-electron chi connectivity index (χ1n) is 32.4. The zero-order valence-electron chi connectivity index (χ0n) is 51.9. The first kappa shape index (κ1) is 66.3. The van der Waals surface area contributed by atoms with E-state index in [0.29, 0.717) is 56.0 Å². The quantitative estimate of drug-likeness (QED) is 0.0954. The van der Waals surface area contributed by atoms with Crippen molar-refractivity contribution in [1.82, 2.24) is 0 Å². The van der Waals surface area contributed by atoms with Crippen LogP contribution < -0.4 is 0 Å². The summed E-state index contributed by atoms with van der Waals surface area (Å²) >= 11 is 0. The Morgan fingerprint density at radius 2 is 0.607 bits per heavy atom. The molecule has 84 heavy (non-hydrogen) atoms. The molecule has 4 aliphatic rings. The Hall–Kier alpha value is -5.24. The normalized spacial score (nSPS) is 22.4. The van der Waals surface area contributed by atoms with Crippen LogP contribution >= 0.6 is 0 Å². The largest absolute Gasteiger partial charge is 0.203 e. The zero-order chi connectivity index (χ0) is 60.5. The fraction of sp³-hybridized carbons (Fsp3) is 0.526. The van der Waals surface area contributed by atoms with Gasteiger partial charge in [0.2, 0.25) is 0 Å². The molecule has 0 heterocycles. The van der Waals surface area contributed by atoms with Gasteiger partial charge in [0, 0.05) is 11.1 Å². The molecule has 6 aromatic rings. The second-order valence-electron chi connectivity index (χ2n) is 25.6. The summed E-state index contributed by atoms with van der Waals surface area (Å²) in [4.78, 5) is 0. The molecule has 0 unspecified atom stereocenters. The van der Waals surface area contributed by atoms with E-state index < -0.39 is 46.5 Å². The Bertz CT molecular complexity index is 2960. The molecule has 0 amide bonds. The van der Waals surface area contributed by atoms with Crippen molar-refractivity contribution in [3.05, 3.63) is 188 Å². The van der Waals surface area contributed by atoms with E-state index in [1.807, 2.05) is 42.5 Å². The highest BCUT2D eigenvalue weighted by atomic mass is 19.2. The lowest BCUT2D eigenvalue weighted by Crippen LogP contribution is -2.25. The van der Waals surface area contributed by atoms with Crippen molar-refractivity contribution in [2.75, 3.05) is 0 Å². The second-order valence-corrected chi connectivity index (χ2v) is 25.6. The van der Waals surface area contributed by atoms with Gasteiger partial charge in [0.1, 0.15) is 0 Å². The van der Waals surface area contributed by atoms with E-state index in [0.717, 1.165) is 86.5 Å². The number of halogens is 8. The second kappa shape index (κ2) is 32.5. The number of hydrogen-bond donors (Lipinski definition) is 0. The van der Waals surface area contributed by atoms with Crippen LogP contribution in [0.15, 0.2) is 97.1 Å². The van der Waals surface area contributed by atoms with Gasteiger partial charge in [-0.3, -0.25) is 0 Å². The van der Waals surface area contributed by atoms with Gasteiger partial charge in [-0.2, -0.15) is 0 Å². The average Bonchev–Trinajstić information content (AvgIpc) is 3.72. The SMILES string of the molecule is CCCC1CCC(C2CCC(c3ccc(C)c(F)c3F)CC2)CC1.CCCC1CCC(c2ccc(-c3ccc(C)c(F)c3F)cc2)CC1.CCCC1CCC(c2ccc(C)c(F)c2F)CC1.CCCc1ccc(-c2ccc(C)c(F)c2F)cc1. The number of aryl methyl sites for hydroxylation is 5. The van der Waals surface area contributed by atoms with Crippen LogP contribution in [-0.4, -0.2) is 0 Å². The van der Waals surface area contributed by atoms with Crippen LogP contribution in [0.1, 0.15) is 238 Å². The summed E-state index contributed by atoms with van der Waals surface area (Å²) in [5.74, 6) is -0.128. The maximum absolute atomic E-state index is 14.2. The van der Waals surface area contributed by atoms with Crippen LogP contribution in [0, 0.1) is 104 Å². The molecule has 456 valence electrons. The summed E-state index contributed by atoms with van der Waals surface area (Å²) in [7, 11) is 0. The zero-order valence-corrected chi connectivity index (χ0v) is 51.9. The molecule has 0 aliphatic heterocycles.